The maximum absolute atomic E-state index is 13.4. The standard InChI is InChI=1S/C27H21N3O6/c1-15-22(20-8-3-4-9-21(20)28-15)24-23(25(31)16-6-5-7-18(14-16)30(34)35)26(32)27(33)29(24)17-10-12-19(36-2)13-11-17/h3-14,24,28,31H,1-2H3/b25-23+. The van der Waals surface area contributed by atoms with Crippen LogP contribution in [0.3, 0.4) is 0 Å². The number of anilines is 1. The third-order valence-electron chi connectivity index (χ3n) is 6.34. The number of aromatic nitrogens is 1. The van der Waals surface area contributed by atoms with E-state index in [9.17, 15) is 24.8 Å². The molecule has 1 aliphatic rings. The lowest BCUT2D eigenvalue weighted by molar-refractivity contribution is -0.384. The molecule has 5 rings (SSSR count). The summed E-state index contributed by atoms with van der Waals surface area (Å²) in [6.45, 7) is 1.83. The number of methoxy groups -OCH3 is 1. The Morgan fingerprint density at radius 2 is 1.78 bits per heavy atom. The number of nitrogens with one attached hydrogen (secondary N) is 1. The van der Waals surface area contributed by atoms with Gasteiger partial charge in [0.2, 0.25) is 0 Å². The lowest BCUT2D eigenvalue weighted by Gasteiger charge is -2.26. The van der Waals surface area contributed by atoms with Crippen molar-refractivity contribution in [1.82, 2.24) is 4.98 Å². The lowest BCUT2D eigenvalue weighted by Crippen LogP contribution is -2.29. The second-order valence-electron chi connectivity index (χ2n) is 8.38. The number of benzene rings is 3. The number of hydrogen-bond acceptors (Lipinski definition) is 6. The van der Waals surface area contributed by atoms with Crippen LogP contribution in [0.4, 0.5) is 11.4 Å². The van der Waals surface area contributed by atoms with Crippen molar-refractivity contribution in [2.45, 2.75) is 13.0 Å². The minimum absolute atomic E-state index is 0.0689. The number of Topliss-reactive ketones (excluding diaryl/α,β-unsaturated/α-hetero) is 1. The van der Waals surface area contributed by atoms with Gasteiger partial charge in [0, 0.05) is 45.5 Å². The van der Waals surface area contributed by atoms with Crippen LogP contribution in [0, 0.1) is 17.0 Å². The second kappa shape index (κ2) is 8.70. The summed E-state index contributed by atoms with van der Waals surface area (Å²) in [6, 6.07) is 18.5. The Labute approximate surface area is 205 Å². The zero-order valence-electron chi connectivity index (χ0n) is 19.4. The van der Waals surface area contributed by atoms with E-state index in [0.29, 0.717) is 22.7 Å². The first-order valence-electron chi connectivity index (χ1n) is 11.1. The van der Waals surface area contributed by atoms with Gasteiger partial charge in [-0.2, -0.15) is 0 Å². The molecule has 1 fully saturated rings. The van der Waals surface area contributed by atoms with Gasteiger partial charge in [0.1, 0.15) is 11.5 Å². The van der Waals surface area contributed by atoms with Crippen LogP contribution in [-0.2, 0) is 9.59 Å². The molecular weight excluding hydrogens is 462 g/mol. The third kappa shape index (κ3) is 3.58. The highest BCUT2D eigenvalue weighted by Gasteiger charge is 2.48. The van der Waals surface area contributed by atoms with Crippen molar-refractivity contribution in [2.24, 2.45) is 0 Å². The van der Waals surface area contributed by atoms with Gasteiger partial charge in [0.05, 0.1) is 23.6 Å². The van der Waals surface area contributed by atoms with Crippen LogP contribution in [0.15, 0.2) is 78.4 Å². The maximum Gasteiger partial charge on any atom is 0.300 e. The van der Waals surface area contributed by atoms with Crippen LogP contribution in [-0.4, -0.2) is 33.8 Å². The molecule has 1 saturated heterocycles. The smallest absolute Gasteiger partial charge is 0.300 e. The highest BCUT2D eigenvalue weighted by Crippen LogP contribution is 2.45. The van der Waals surface area contributed by atoms with Gasteiger partial charge in [-0.1, -0.05) is 30.3 Å². The zero-order valence-corrected chi connectivity index (χ0v) is 19.4. The average molecular weight is 483 g/mol. The number of aromatic amines is 1. The van der Waals surface area contributed by atoms with E-state index in [2.05, 4.69) is 4.98 Å². The Morgan fingerprint density at radius 3 is 2.47 bits per heavy atom. The van der Waals surface area contributed by atoms with Crippen molar-refractivity contribution in [3.05, 3.63) is 105 Å². The molecule has 36 heavy (non-hydrogen) atoms. The number of fused-ring (bicyclic) bond motifs is 1. The molecule has 0 radical (unpaired) electrons. The molecule has 1 atom stereocenters. The van der Waals surface area contributed by atoms with E-state index in [-0.39, 0.29) is 16.8 Å². The Kier molecular flexibility index (Phi) is 5.52. The third-order valence-corrected chi connectivity index (χ3v) is 6.34. The predicted octanol–water partition coefficient (Wildman–Crippen LogP) is 5.02. The van der Waals surface area contributed by atoms with Crippen molar-refractivity contribution in [1.29, 1.82) is 0 Å². The number of aryl methyl sites for hydroxylation is 1. The summed E-state index contributed by atoms with van der Waals surface area (Å²) in [5, 5.41) is 23.4. The van der Waals surface area contributed by atoms with E-state index in [1.807, 2.05) is 31.2 Å². The number of hydrogen-bond donors (Lipinski definition) is 2. The van der Waals surface area contributed by atoms with E-state index < -0.39 is 28.4 Å². The first kappa shape index (κ1) is 22.9. The molecule has 1 aromatic heterocycles. The normalized spacial score (nSPS) is 17.1. The van der Waals surface area contributed by atoms with E-state index in [4.69, 9.17) is 4.74 Å². The molecular formula is C27H21N3O6. The van der Waals surface area contributed by atoms with Crippen molar-refractivity contribution in [2.75, 3.05) is 12.0 Å². The maximum atomic E-state index is 13.4. The Hall–Kier alpha value is -4.92. The summed E-state index contributed by atoms with van der Waals surface area (Å²) in [5.74, 6) is -1.61. The fraction of sp³-hybridized carbons (Fsp3) is 0.111. The first-order chi connectivity index (χ1) is 17.3. The van der Waals surface area contributed by atoms with Gasteiger partial charge in [-0.15, -0.1) is 0 Å². The largest absolute Gasteiger partial charge is 0.507 e. The summed E-state index contributed by atoms with van der Waals surface area (Å²) < 4.78 is 5.22. The van der Waals surface area contributed by atoms with Crippen LogP contribution in [0.2, 0.25) is 0 Å². The van der Waals surface area contributed by atoms with Crippen molar-refractivity contribution in [3.8, 4) is 5.75 Å². The number of non-ortho nitro benzene ring substituents is 1. The number of amides is 1. The van der Waals surface area contributed by atoms with Crippen LogP contribution in [0.25, 0.3) is 16.7 Å². The number of aliphatic hydroxyl groups is 1. The van der Waals surface area contributed by atoms with Crippen molar-refractivity contribution >= 4 is 39.7 Å². The highest BCUT2D eigenvalue weighted by atomic mass is 16.6. The molecule has 9 nitrogen and oxygen atoms in total. The molecule has 4 aromatic rings. The number of H-pyrrole nitrogens is 1. The van der Waals surface area contributed by atoms with Crippen LogP contribution >= 0.6 is 0 Å². The molecule has 180 valence electrons. The number of ether oxygens (including phenoxy) is 1. The number of aliphatic hydroxyl groups excluding tert-OH is 1. The molecule has 0 bridgehead atoms. The molecule has 1 aliphatic heterocycles. The van der Waals surface area contributed by atoms with Crippen LogP contribution in [0.1, 0.15) is 22.9 Å². The molecule has 1 amide bonds. The number of carbonyl (C=O) groups is 2. The second-order valence-corrected chi connectivity index (χ2v) is 8.38. The molecule has 2 N–H and O–H groups in total. The Balaban J connectivity index is 1.79. The fourth-order valence-electron chi connectivity index (χ4n) is 4.69. The molecule has 2 heterocycles. The van der Waals surface area contributed by atoms with E-state index >= 15 is 0 Å². The summed E-state index contributed by atoms with van der Waals surface area (Å²) in [7, 11) is 1.52. The first-order valence-corrected chi connectivity index (χ1v) is 11.1. The number of nitro benzene ring substituents is 1. The summed E-state index contributed by atoms with van der Waals surface area (Å²) in [6.07, 6.45) is 0. The van der Waals surface area contributed by atoms with E-state index in [1.54, 1.807) is 24.3 Å². The summed E-state index contributed by atoms with van der Waals surface area (Å²) in [4.78, 5) is 42.2. The molecule has 0 aliphatic carbocycles. The average Bonchev–Trinajstić information content (AvgIpc) is 3.35. The quantitative estimate of drug-likeness (QED) is 0.135. The number of para-hydroxylation sites is 1. The van der Waals surface area contributed by atoms with Gasteiger partial charge in [-0.3, -0.25) is 24.6 Å². The van der Waals surface area contributed by atoms with Crippen LogP contribution < -0.4 is 9.64 Å². The van der Waals surface area contributed by atoms with Gasteiger partial charge in [-0.05, 0) is 37.3 Å². The fourth-order valence-corrected chi connectivity index (χ4v) is 4.69. The van der Waals surface area contributed by atoms with E-state index in [1.165, 1.54) is 36.3 Å². The van der Waals surface area contributed by atoms with Crippen molar-refractivity contribution < 1.29 is 24.4 Å². The number of ketones is 1. The Morgan fingerprint density at radius 1 is 1.06 bits per heavy atom. The molecule has 0 spiro atoms. The minimum Gasteiger partial charge on any atom is -0.507 e. The molecule has 0 saturated carbocycles. The molecule has 9 heteroatoms. The van der Waals surface area contributed by atoms with Gasteiger partial charge >= 0.3 is 0 Å². The summed E-state index contributed by atoms with van der Waals surface area (Å²) >= 11 is 0. The number of nitro groups is 1. The lowest BCUT2D eigenvalue weighted by atomic mass is 9.93. The van der Waals surface area contributed by atoms with E-state index in [0.717, 1.165) is 10.9 Å². The number of nitrogens with zero attached hydrogens (tertiary/aromatic N) is 2. The van der Waals surface area contributed by atoms with Gasteiger partial charge in [0.25, 0.3) is 17.4 Å². The number of carbonyl (C=O) groups excluding carboxylic acids is 2. The van der Waals surface area contributed by atoms with Gasteiger partial charge in [-0.25, -0.2) is 0 Å². The van der Waals surface area contributed by atoms with Crippen molar-refractivity contribution in [3.63, 3.8) is 0 Å². The zero-order chi connectivity index (χ0) is 25.6. The predicted molar refractivity (Wildman–Crippen MR) is 134 cm³/mol. The van der Waals surface area contributed by atoms with Crippen LogP contribution in [0.5, 0.6) is 5.75 Å². The minimum atomic E-state index is -0.978. The number of rotatable bonds is 5. The highest BCUT2D eigenvalue weighted by molar-refractivity contribution is 6.52. The van der Waals surface area contributed by atoms with Gasteiger partial charge < -0.3 is 14.8 Å². The SMILES string of the molecule is COc1ccc(N2C(=O)C(=O)/C(=C(/O)c3cccc([N+](=O)[O-])c3)C2c2c(C)[nH]c3ccccc23)cc1. The Bertz CT molecular complexity index is 1570. The molecule has 3 aromatic carbocycles. The topological polar surface area (TPSA) is 126 Å². The summed E-state index contributed by atoms with van der Waals surface area (Å²) in [5.41, 5.74) is 2.28. The van der Waals surface area contributed by atoms with Gasteiger partial charge in [0.15, 0.2) is 0 Å². The molecule has 1 unspecified atom stereocenters. The monoisotopic (exact) mass is 483 g/mol.